The smallest absolute Gasteiger partial charge is 0.233 e. The van der Waals surface area contributed by atoms with Gasteiger partial charge in [-0.1, -0.05) is 54.2 Å². The monoisotopic (exact) mass is 472 g/mol. The van der Waals surface area contributed by atoms with Gasteiger partial charge < -0.3 is 9.47 Å². The van der Waals surface area contributed by atoms with E-state index in [0.29, 0.717) is 5.75 Å². The predicted octanol–water partition coefficient (Wildman–Crippen LogP) is 3.95. The Balaban J connectivity index is 1.16. The molecule has 4 aromatic rings. The molecule has 1 aliphatic rings. The van der Waals surface area contributed by atoms with E-state index in [9.17, 15) is 4.79 Å². The highest BCUT2D eigenvalue weighted by Gasteiger charge is 2.22. The molecule has 5 rings (SSSR count). The molecule has 0 bridgehead atoms. The van der Waals surface area contributed by atoms with E-state index < -0.39 is 0 Å². The Morgan fingerprint density at radius 2 is 1.71 bits per heavy atom. The van der Waals surface area contributed by atoms with Crippen molar-refractivity contribution in [2.75, 3.05) is 31.9 Å². The second-order valence-electron chi connectivity index (χ2n) is 8.37. The van der Waals surface area contributed by atoms with Crippen molar-refractivity contribution in [3.8, 4) is 11.4 Å². The second kappa shape index (κ2) is 10.4. The summed E-state index contributed by atoms with van der Waals surface area (Å²) in [4.78, 5) is 21.4. The van der Waals surface area contributed by atoms with Gasteiger partial charge in [0.1, 0.15) is 0 Å². The molecule has 3 heterocycles. The zero-order chi connectivity index (χ0) is 23.3. The van der Waals surface area contributed by atoms with Crippen molar-refractivity contribution in [1.82, 2.24) is 29.5 Å². The lowest BCUT2D eigenvalue weighted by Gasteiger charge is -2.35. The number of carbonyl (C=O) groups excluding carboxylic acids is 1. The summed E-state index contributed by atoms with van der Waals surface area (Å²) in [5.74, 6) is 1.34. The zero-order valence-electron chi connectivity index (χ0n) is 19.3. The second-order valence-corrected chi connectivity index (χ2v) is 9.31. The average Bonchev–Trinajstić information content (AvgIpc) is 3.31. The number of fused-ring (bicyclic) bond motifs is 1. The molecular formula is C26H28N6OS. The summed E-state index contributed by atoms with van der Waals surface area (Å²) in [5.41, 5.74) is 2.32. The normalized spacial score (nSPS) is 14.6. The lowest BCUT2D eigenvalue weighted by atomic mass is 10.0. The molecule has 0 aliphatic carbocycles. The van der Waals surface area contributed by atoms with E-state index >= 15 is 0 Å². The summed E-state index contributed by atoms with van der Waals surface area (Å²) in [7, 11) is 0. The first-order valence-corrected chi connectivity index (χ1v) is 12.6. The Hall–Kier alpha value is -3.23. The van der Waals surface area contributed by atoms with E-state index in [1.54, 1.807) is 12.4 Å². The van der Waals surface area contributed by atoms with Crippen molar-refractivity contribution in [2.24, 2.45) is 0 Å². The fourth-order valence-corrected chi connectivity index (χ4v) is 5.34. The van der Waals surface area contributed by atoms with Gasteiger partial charge in [-0.25, -0.2) is 0 Å². The Labute approximate surface area is 203 Å². The summed E-state index contributed by atoms with van der Waals surface area (Å²) in [6.07, 6.45) is 3.50. The summed E-state index contributed by atoms with van der Waals surface area (Å²) in [5, 5.41) is 12.1. The first kappa shape index (κ1) is 22.6. The SMILES string of the molecule is CCn1c(SCC(=O)N2CCN(Cc3cccc4ccccc34)CC2)nnc1-c1ccncc1. The molecule has 0 radical (unpaired) electrons. The van der Waals surface area contributed by atoms with Crippen molar-refractivity contribution in [2.45, 2.75) is 25.2 Å². The zero-order valence-corrected chi connectivity index (χ0v) is 20.1. The molecule has 1 fully saturated rings. The minimum Gasteiger partial charge on any atom is -0.339 e. The van der Waals surface area contributed by atoms with E-state index in [1.165, 1.54) is 28.1 Å². The van der Waals surface area contributed by atoms with Crippen LogP contribution in [0.5, 0.6) is 0 Å². The molecule has 1 amide bonds. The third-order valence-corrected chi connectivity index (χ3v) is 7.25. The van der Waals surface area contributed by atoms with Crippen molar-refractivity contribution >= 4 is 28.4 Å². The van der Waals surface area contributed by atoms with Crippen molar-refractivity contribution in [3.05, 3.63) is 72.6 Å². The molecule has 174 valence electrons. The molecule has 0 unspecified atom stereocenters. The highest BCUT2D eigenvalue weighted by Crippen LogP contribution is 2.24. The first-order chi connectivity index (χ1) is 16.7. The van der Waals surface area contributed by atoms with E-state index in [-0.39, 0.29) is 5.91 Å². The van der Waals surface area contributed by atoms with Crippen LogP contribution < -0.4 is 0 Å². The standard InChI is InChI=1S/C26H28N6OS/c1-2-32-25(21-10-12-27-13-11-21)28-29-26(32)34-19-24(33)31-16-14-30(15-17-31)18-22-8-5-7-20-6-3-4-9-23(20)22/h3-13H,2,14-19H2,1H3. The lowest BCUT2D eigenvalue weighted by molar-refractivity contribution is -0.130. The van der Waals surface area contributed by atoms with Gasteiger partial charge in [0.25, 0.3) is 0 Å². The molecule has 34 heavy (non-hydrogen) atoms. The Bertz CT molecular complexity index is 1260. The minimum atomic E-state index is 0.158. The van der Waals surface area contributed by atoms with Crippen LogP contribution in [0.2, 0.25) is 0 Å². The molecule has 1 saturated heterocycles. The van der Waals surface area contributed by atoms with E-state index in [0.717, 1.165) is 55.8 Å². The predicted molar refractivity (Wildman–Crippen MR) is 135 cm³/mol. The average molecular weight is 473 g/mol. The lowest BCUT2D eigenvalue weighted by Crippen LogP contribution is -2.48. The molecule has 0 atom stereocenters. The third kappa shape index (κ3) is 4.83. The van der Waals surface area contributed by atoms with Crippen LogP contribution in [0, 0.1) is 0 Å². The van der Waals surface area contributed by atoms with Crippen LogP contribution >= 0.6 is 11.8 Å². The van der Waals surface area contributed by atoms with Gasteiger partial charge >= 0.3 is 0 Å². The van der Waals surface area contributed by atoms with Crippen LogP contribution in [0.3, 0.4) is 0 Å². The van der Waals surface area contributed by atoms with E-state index in [1.807, 2.05) is 17.0 Å². The van der Waals surface area contributed by atoms with E-state index in [4.69, 9.17) is 0 Å². The van der Waals surface area contributed by atoms with Gasteiger partial charge in [0.05, 0.1) is 5.75 Å². The number of hydrogen-bond acceptors (Lipinski definition) is 6. The number of benzene rings is 2. The molecule has 0 N–H and O–H groups in total. The number of pyridine rings is 1. The first-order valence-electron chi connectivity index (χ1n) is 11.7. The van der Waals surface area contributed by atoms with Crippen molar-refractivity contribution in [1.29, 1.82) is 0 Å². The maximum atomic E-state index is 12.9. The van der Waals surface area contributed by atoms with Gasteiger partial charge in [0.15, 0.2) is 11.0 Å². The van der Waals surface area contributed by atoms with Crippen LogP contribution in [-0.2, 0) is 17.9 Å². The summed E-state index contributed by atoms with van der Waals surface area (Å²) in [6.45, 7) is 7.01. The van der Waals surface area contributed by atoms with Crippen LogP contribution in [0.25, 0.3) is 22.2 Å². The minimum absolute atomic E-state index is 0.158. The van der Waals surface area contributed by atoms with Gasteiger partial charge in [-0.2, -0.15) is 0 Å². The molecule has 0 saturated carbocycles. The number of nitrogens with zero attached hydrogens (tertiary/aromatic N) is 6. The fraction of sp³-hybridized carbons (Fsp3) is 0.308. The number of thioether (sulfide) groups is 1. The highest BCUT2D eigenvalue weighted by molar-refractivity contribution is 7.99. The number of carbonyl (C=O) groups is 1. The Morgan fingerprint density at radius 1 is 0.941 bits per heavy atom. The maximum Gasteiger partial charge on any atom is 0.233 e. The van der Waals surface area contributed by atoms with Crippen LogP contribution in [-0.4, -0.2) is 67.4 Å². The number of aromatic nitrogens is 4. The molecule has 2 aromatic heterocycles. The van der Waals surface area contributed by atoms with Gasteiger partial charge in [-0.05, 0) is 35.4 Å². The maximum absolute atomic E-state index is 12.9. The van der Waals surface area contributed by atoms with Crippen LogP contribution in [0.1, 0.15) is 12.5 Å². The number of hydrogen-bond donors (Lipinski definition) is 0. The van der Waals surface area contributed by atoms with Crippen molar-refractivity contribution < 1.29 is 4.79 Å². The summed E-state index contributed by atoms with van der Waals surface area (Å²) in [6, 6.07) is 18.9. The molecule has 7 nitrogen and oxygen atoms in total. The highest BCUT2D eigenvalue weighted by atomic mass is 32.2. The largest absolute Gasteiger partial charge is 0.339 e. The fourth-order valence-electron chi connectivity index (χ4n) is 4.44. The number of amides is 1. The summed E-state index contributed by atoms with van der Waals surface area (Å²) < 4.78 is 2.05. The molecule has 1 aliphatic heterocycles. The molecular weight excluding hydrogens is 444 g/mol. The molecule has 2 aromatic carbocycles. The number of rotatable bonds is 7. The van der Waals surface area contributed by atoms with Gasteiger partial charge in [0, 0.05) is 57.2 Å². The number of piperazine rings is 1. The Kier molecular flexibility index (Phi) is 6.87. The Morgan fingerprint density at radius 3 is 2.50 bits per heavy atom. The third-order valence-electron chi connectivity index (χ3n) is 6.30. The summed E-state index contributed by atoms with van der Waals surface area (Å²) >= 11 is 1.46. The van der Waals surface area contributed by atoms with Gasteiger partial charge in [-0.15, -0.1) is 10.2 Å². The van der Waals surface area contributed by atoms with Crippen LogP contribution in [0.15, 0.2) is 72.1 Å². The molecule has 0 spiro atoms. The van der Waals surface area contributed by atoms with E-state index in [2.05, 4.69) is 74.0 Å². The van der Waals surface area contributed by atoms with Crippen LogP contribution in [0.4, 0.5) is 0 Å². The van der Waals surface area contributed by atoms with Crippen molar-refractivity contribution in [3.63, 3.8) is 0 Å². The quantitative estimate of drug-likeness (QED) is 0.380. The van der Waals surface area contributed by atoms with Gasteiger partial charge in [-0.3, -0.25) is 14.7 Å². The molecule has 8 heteroatoms. The van der Waals surface area contributed by atoms with Gasteiger partial charge in [0.2, 0.25) is 5.91 Å². The topological polar surface area (TPSA) is 67.2 Å².